The van der Waals surface area contributed by atoms with E-state index in [1.54, 1.807) is 18.0 Å². The SMILES string of the molecule is CCN(Cc1ccccn1)C(=O)C(C)(N)c1ccc(Br)cc1. The quantitative estimate of drug-likeness (QED) is 0.889. The molecule has 4 nitrogen and oxygen atoms in total. The third-order valence-electron chi connectivity index (χ3n) is 3.64. The lowest BCUT2D eigenvalue weighted by Gasteiger charge is -2.31. The number of hydrogen-bond donors (Lipinski definition) is 1. The van der Waals surface area contributed by atoms with Gasteiger partial charge in [0.1, 0.15) is 5.54 Å². The molecule has 0 spiro atoms. The highest BCUT2D eigenvalue weighted by atomic mass is 79.9. The molecule has 1 heterocycles. The molecule has 2 rings (SSSR count). The van der Waals surface area contributed by atoms with Gasteiger partial charge in [-0.25, -0.2) is 0 Å². The first-order valence-corrected chi connectivity index (χ1v) is 7.98. The second-order valence-electron chi connectivity index (χ2n) is 5.35. The lowest BCUT2D eigenvalue weighted by molar-refractivity contribution is -0.137. The van der Waals surface area contributed by atoms with Gasteiger partial charge in [0, 0.05) is 17.2 Å². The van der Waals surface area contributed by atoms with E-state index in [-0.39, 0.29) is 5.91 Å². The van der Waals surface area contributed by atoms with Gasteiger partial charge in [-0.3, -0.25) is 9.78 Å². The van der Waals surface area contributed by atoms with Crippen LogP contribution < -0.4 is 5.73 Å². The van der Waals surface area contributed by atoms with E-state index in [1.165, 1.54) is 0 Å². The molecule has 0 saturated heterocycles. The number of likely N-dealkylation sites (N-methyl/N-ethyl adjacent to an activating group) is 1. The van der Waals surface area contributed by atoms with Crippen LogP contribution in [-0.4, -0.2) is 22.3 Å². The lowest BCUT2D eigenvalue weighted by atomic mass is 9.91. The molecule has 0 radical (unpaired) electrons. The number of halogens is 1. The highest BCUT2D eigenvalue weighted by molar-refractivity contribution is 9.10. The van der Waals surface area contributed by atoms with E-state index in [1.807, 2.05) is 49.4 Å². The van der Waals surface area contributed by atoms with Gasteiger partial charge in [0.25, 0.3) is 0 Å². The van der Waals surface area contributed by atoms with Crippen LogP contribution in [0.3, 0.4) is 0 Å². The maximum absolute atomic E-state index is 12.8. The molecule has 116 valence electrons. The number of nitrogens with zero attached hydrogens (tertiary/aromatic N) is 2. The van der Waals surface area contributed by atoms with Gasteiger partial charge in [0.05, 0.1) is 12.2 Å². The van der Waals surface area contributed by atoms with Crippen LogP contribution in [0, 0.1) is 0 Å². The summed E-state index contributed by atoms with van der Waals surface area (Å²) in [5, 5.41) is 0. The van der Waals surface area contributed by atoms with Crippen molar-refractivity contribution >= 4 is 21.8 Å². The zero-order chi connectivity index (χ0) is 16.2. The predicted octanol–water partition coefficient (Wildman–Crippen LogP) is 3.07. The molecule has 1 aromatic carbocycles. The molecule has 1 aromatic heterocycles. The molecule has 1 unspecified atom stereocenters. The third-order valence-corrected chi connectivity index (χ3v) is 4.16. The Labute approximate surface area is 139 Å². The van der Waals surface area contributed by atoms with E-state index in [2.05, 4.69) is 20.9 Å². The number of amides is 1. The molecule has 0 aliphatic heterocycles. The summed E-state index contributed by atoms with van der Waals surface area (Å²) in [4.78, 5) is 18.8. The summed E-state index contributed by atoms with van der Waals surface area (Å²) in [7, 11) is 0. The van der Waals surface area contributed by atoms with Crippen LogP contribution in [0.15, 0.2) is 53.1 Å². The predicted molar refractivity (Wildman–Crippen MR) is 91.0 cm³/mol. The number of rotatable bonds is 5. The zero-order valence-corrected chi connectivity index (χ0v) is 14.4. The van der Waals surface area contributed by atoms with E-state index >= 15 is 0 Å². The van der Waals surface area contributed by atoms with Crippen molar-refractivity contribution in [3.8, 4) is 0 Å². The van der Waals surface area contributed by atoms with Crippen molar-refractivity contribution in [3.05, 3.63) is 64.4 Å². The van der Waals surface area contributed by atoms with Crippen molar-refractivity contribution in [2.24, 2.45) is 5.73 Å². The molecule has 1 amide bonds. The monoisotopic (exact) mass is 361 g/mol. The van der Waals surface area contributed by atoms with E-state index in [9.17, 15) is 4.79 Å². The average molecular weight is 362 g/mol. The molecule has 2 N–H and O–H groups in total. The van der Waals surface area contributed by atoms with E-state index in [0.717, 1.165) is 15.7 Å². The molecule has 1 atom stereocenters. The Hall–Kier alpha value is -1.72. The number of hydrogen-bond acceptors (Lipinski definition) is 3. The van der Waals surface area contributed by atoms with Gasteiger partial charge in [0.2, 0.25) is 5.91 Å². The van der Waals surface area contributed by atoms with Crippen LogP contribution in [0.25, 0.3) is 0 Å². The Morgan fingerprint density at radius 3 is 2.50 bits per heavy atom. The summed E-state index contributed by atoms with van der Waals surface area (Å²) in [5.74, 6) is -0.108. The number of carbonyl (C=O) groups is 1. The molecule has 0 fully saturated rings. The van der Waals surface area contributed by atoms with Crippen molar-refractivity contribution in [2.75, 3.05) is 6.54 Å². The average Bonchev–Trinajstić information content (AvgIpc) is 2.53. The first kappa shape index (κ1) is 16.6. The van der Waals surface area contributed by atoms with E-state index in [4.69, 9.17) is 5.73 Å². The van der Waals surface area contributed by atoms with Crippen LogP contribution >= 0.6 is 15.9 Å². The van der Waals surface area contributed by atoms with Crippen molar-refractivity contribution in [2.45, 2.75) is 25.9 Å². The maximum Gasteiger partial charge on any atom is 0.247 e. The summed E-state index contributed by atoms with van der Waals surface area (Å²) < 4.78 is 0.959. The largest absolute Gasteiger partial charge is 0.335 e. The summed E-state index contributed by atoms with van der Waals surface area (Å²) >= 11 is 3.39. The van der Waals surface area contributed by atoms with Gasteiger partial charge in [-0.2, -0.15) is 0 Å². The Bertz CT molecular complexity index is 626. The van der Waals surface area contributed by atoms with Crippen LogP contribution in [0.4, 0.5) is 0 Å². The molecule has 0 aliphatic carbocycles. The van der Waals surface area contributed by atoms with Gasteiger partial charge in [-0.05, 0) is 43.7 Å². The molecule has 2 aromatic rings. The minimum Gasteiger partial charge on any atom is -0.335 e. The van der Waals surface area contributed by atoms with Gasteiger partial charge < -0.3 is 10.6 Å². The Kier molecular flexibility index (Phi) is 5.32. The summed E-state index contributed by atoms with van der Waals surface area (Å²) in [6.45, 7) is 4.73. The van der Waals surface area contributed by atoms with Crippen LogP contribution in [0.2, 0.25) is 0 Å². The summed E-state index contributed by atoms with van der Waals surface area (Å²) in [6.07, 6.45) is 1.73. The molecule has 5 heteroatoms. The Morgan fingerprint density at radius 2 is 1.95 bits per heavy atom. The van der Waals surface area contributed by atoms with Crippen molar-refractivity contribution < 1.29 is 4.79 Å². The summed E-state index contributed by atoms with van der Waals surface area (Å²) in [5.41, 5.74) is 6.91. The van der Waals surface area contributed by atoms with Crippen LogP contribution in [-0.2, 0) is 16.9 Å². The van der Waals surface area contributed by atoms with Gasteiger partial charge in [-0.1, -0.05) is 34.1 Å². The maximum atomic E-state index is 12.8. The normalized spacial score (nSPS) is 13.5. The van der Waals surface area contributed by atoms with Gasteiger partial charge >= 0.3 is 0 Å². The van der Waals surface area contributed by atoms with E-state index in [0.29, 0.717) is 13.1 Å². The van der Waals surface area contributed by atoms with Crippen molar-refractivity contribution in [3.63, 3.8) is 0 Å². The summed E-state index contributed by atoms with van der Waals surface area (Å²) in [6, 6.07) is 13.2. The topological polar surface area (TPSA) is 59.2 Å². The van der Waals surface area contributed by atoms with Crippen molar-refractivity contribution in [1.29, 1.82) is 0 Å². The van der Waals surface area contributed by atoms with E-state index < -0.39 is 5.54 Å². The van der Waals surface area contributed by atoms with Crippen LogP contribution in [0.1, 0.15) is 25.1 Å². The number of carbonyl (C=O) groups excluding carboxylic acids is 1. The van der Waals surface area contributed by atoms with Gasteiger partial charge in [-0.15, -0.1) is 0 Å². The number of benzene rings is 1. The highest BCUT2D eigenvalue weighted by Gasteiger charge is 2.34. The number of aromatic nitrogens is 1. The fourth-order valence-electron chi connectivity index (χ4n) is 2.26. The minimum absolute atomic E-state index is 0.108. The molecule has 0 saturated carbocycles. The molecule has 0 aliphatic rings. The first-order chi connectivity index (χ1) is 10.4. The molecule has 22 heavy (non-hydrogen) atoms. The smallest absolute Gasteiger partial charge is 0.247 e. The lowest BCUT2D eigenvalue weighted by Crippen LogP contribution is -2.50. The number of pyridine rings is 1. The molecular weight excluding hydrogens is 342 g/mol. The molecular formula is C17H20BrN3O. The van der Waals surface area contributed by atoms with Crippen LogP contribution in [0.5, 0.6) is 0 Å². The minimum atomic E-state index is -1.06. The Morgan fingerprint density at radius 1 is 1.27 bits per heavy atom. The fraction of sp³-hybridized carbons (Fsp3) is 0.294. The van der Waals surface area contributed by atoms with Crippen molar-refractivity contribution in [1.82, 2.24) is 9.88 Å². The number of nitrogens with two attached hydrogens (primary N) is 1. The second-order valence-corrected chi connectivity index (χ2v) is 6.27. The Balaban J connectivity index is 2.21. The third kappa shape index (κ3) is 3.72. The zero-order valence-electron chi connectivity index (χ0n) is 12.8. The fourth-order valence-corrected chi connectivity index (χ4v) is 2.53. The second kappa shape index (κ2) is 7.03. The highest BCUT2D eigenvalue weighted by Crippen LogP contribution is 2.23. The first-order valence-electron chi connectivity index (χ1n) is 7.19. The van der Waals surface area contributed by atoms with Gasteiger partial charge in [0.15, 0.2) is 0 Å². The molecule has 0 bridgehead atoms. The standard InChI is InChI=1S/C17H20BrN3O/c1-3-21(12-15-6-4-5-11-20-15)16(22)17(2,19)13-7-9-14(18)10-8-13/h4-11H,3,12,19H2,1-2H3.